The Morgan fingerprint density at radius 1 is 1.03 bits per heavy atom. The van der Waals surface area contributed by atoms with E-state index in [0.717, 1.165) is 12.1 Å². The molecule has 0 fully saturated rings. The van der Waals surface area contributed by atoms with E-state index in [0.29, 0.717) is 28.7 Å². The summed E-state index contributed by atoms with van der Waals surface area (Å²) in [4.78, 5) is 19.2. The molecule has 5 N–H and O–H groups in total. The third-order valence-corrected chi connectivity index (χ3v) is 4.23. The molecule has 1 heterocycles. The molecule has 32 heavy (non-hydrogen) atoms. The number of carbonyl (C=O) groups is 1. The molecular formula is C21H22F3N6O2+. The highest BCUT2D eigenvalue weighted by Crippen LogP contribution is 2.32. The third-order valence-electron chi connectivity index (χ3n) is 4.23. The van der Waals surface area contributed by atoms with Crippen molar-refractivity contribution in [2.75, 3.05) is 30.0 Å². The van der Waals surface area contributed by atoms with Gasteiger partial charge in [-0.3, -0.25) is 0 Å². The second-order valence-corrected chi connectivity index (χ2v) is 6.70. The average Bonchev–Trinajstić information content (AvgIpc) is 2.75. The lowest BCUT2D eigenvalue weighted by molar-refractivity contribution is -0.395. The molecule has 0 bridgehead atoms. The lowest BCUT2D eigenvalue weighted by atomic mass is 10.1. The molecule has 0 radical (unpaired) electrons. The lowest BCUT2D eigenvalue weighted by Gasteiger charge is -2.14. The largest absolute Gasteiger partial charge is 0.423 e. The molecule has 2 aromatic carbocycles. The van der Waals surface area contributed by atoms with Crippen molar-refractivity contribution in [1.29, 1.82) is 0 Å². The Morgan fingerprint density at radius 2 is 1.75 bits per heavy atom. The number of anilines is 3. The number of rotatable bonds is 7. The Balaban J connectivity index is 1.65. The van der Waals surface area contributed by atoms with Crippen LogP contribution in [0.4, 0.5) is 35.2 Å². The van der Waals surface area contributed by atoms with Gasteiger partial charge in [-0.05, 0) is 60.1 Å². The van der Waals surface area contributed by atoms with Gasteiger partial charge in [0.1, 0.15) is 5.75 Å². The molecule has 11 heteroatoms. The maximum atomic E-state index is 13.1. The van der Waals surface area contributed by atoms with Crippen LogP contribution in [0.1, 0.15) is 11.1 Å². The number of amides is 2. The Bertz CT molecular complexity index is 1070. The average molecular weight is 447 g/mol. The molecule has 0 atom stereocenters. The van der Waals surface area contributed by atoms with Gasteiger partial charge in [0.05, 0.1) is 11.6 Å². The Morgan fingerprint density at radius 3 is 2.41 bits per heavy atom. The molecule has 0 unspecified atom stereocenters. The summed E-state index contributed by atoms with van der Waals surface area (Å²) in [6.45, 7) is 0.229. The van der Waals surface area contributed by atoms with Crippen LogP contribution in [-0.2, 0) is 12.7 Å². The Hall–Kier alpha value is -3.86. The number of nitrogens with zero attached hydrogens (tertiary/aromatic N) is 1. The predicted octanol–water partition coefficient (Wildman–Crippen LogP) is 4.11. The predicted molar refractivity (Wildman–Crippen MR) is 114 cm³/mol. The van der Waals surface area contributed by atoms with Crippen molar-refractivity contribution in [3.05, 3.63) is 66.0 Å². The van der Waals surface area contributed by atoms with Crippen LogP contribution in [0, 0.1) is 0 Å². The first-order valence-corrected chi connectivity index (χ1v) is 9.54. The topological polar surface area (TPSA) is 101 Å². The van der Waals surface area contributed by atoms with E-state index in [1.165, 1.54) is 12.4 Å². The van der Waals surface area contributed by atoms with Gasteiger partial charge in [0.15, 0.2) is 0 Å². The summed E-state index contributed by atoms with van der Waals surface area (Å²) in [6.07, 6.45) is -3.04. The Labute approximate surface area is 182 Å². The molecule has 3 aromatic rings. The molecule has 3 rings (SSSR count). The number of benzene rings is 2. The fourth-order valence-electron chi connectivity index (χ4n) is 2.82. The van der Waals surface area contributed by atoms with Crippen LogP contribution in [-0.4, -0.2) is 25.1 Å². The first-order valence-electron chi connectivity index (χ1n) is 9.54. The summed E-state index contributed by atoms with van der Waals surface area (Å²) < 4.78 is 45.1. The highest BCUT2D eigenvalue weighted by molar-refractivity contribution is 5.99. The number of hydrogen-bond acceptors (Lipinski definition) is 5. The van der Waals surface area contributed by atoms with Crippen molar-refractivity contribution in [2.45, 2.75) is 12.7 Å². The van der Waals surface area contributed by atoms with Gasteiger partial charge in [-0.1, -0.05) is 0 Å². The molecule has 8 nitrogen and oxygen atoms in total. The SMILES string of the molecule is CNCc1cc(NC(=O)Nc2ccc(Oc3cc(NC)nc[nH+]3)cc2)cc(C(F)(F)F)c1. The number of halogens is 3. The zero-order valence-corrected chi connectivity index (χ0v) is 17.3. The molecule has 1 aromatic heterocycles. The third kappa shape index (κ3) is 6.32. The van der Waals surface area contributed by atoms with Crippen LogP contribution in [0.25, 0.3) is 0 Å². The van der Waals surface area contributed by atoms with Gasteiger partial charge in [-0.15, -0.1) is 0 Å². The van der Waals surface area contributed by atoms with Gasteiger partial charge in [0.25, 0.3) is 12.2 Å². The fourth-order valence-corrected chi connectivity index (χ4v) is 2.82. The van der Waals surface area contributed by atoms with Gasteiger partial charge in [-0.2, -0.15) is 13.2 Å². The second kappa shape index (κ2) is 9.96. The molecule has 0 aliphatic heterocycles. The standard InChI is InChI=1S/C21H21F3N6O2/c1-25-11-13-7-14(21(22,23)24)9-16(8-13)30-20(31)29-15-3-5-17(6-4-15)32-19-10-18(26-2)27-12-28-19/h3-10,12,25H,11H2,1-2H3,(H,26,27,28)(H2,29,30,31)/p+1. The van der Waals surface area contributed by atoms with Gasteiger partial charge in [-0.25, -0.2) is 9.78 Å². The minimum atomic E-state index is -4.52. The van der Waals surface area contributed by atoms with Crippen LogP contribution in [0.2, 0.25) is 0 Å². The van der Waals surface area contributed by atoms with Crippen molar-refractivity contribution in [3.8, 4) is 11.6 Å². The number of carbonyl (C=O) groups excluding carboxylic acids is 1. The molecule has 0 aliphatic carbocycles. The summed E-state index contributed by atoms with van der Waals surface area (Å²) in [5, 5.41) is 10.7. The minimum absolute atomic E-state index is 0.0380. The normalized spacial score (nSPS) is 11.0. The maximum Gasteiger partial charge on any atom is 0.416 e. The zero-order chi connectivity index (χ0) is 23.1. The van der Waals surface area contributed by atoms with Gasteiger partial charge in [0, 0.05) is 25.0 Å². The van der Waals surface area contributed by atoms with Crippen molar-refractivity contribution in [3.63, 3.8) is 0 Å². The molecule has 0 saturated carbocycles. The monoisotopic (exact) mass is 447 g/mol. The number of ether oxygens (including phenoxy) is 1. The summed E-state index contributed by atoms with van der Waals surface area (Å²) in [7, 11) is 3.36. The van der Waals surface area contributed by atoms with E-state index in [9.17, 15) is 18.0 Å². The molecule has 0 aliphatic rings. The molecular weight excluding hydrogens is 425 g/mol. The van der Waals surface area contributed by atoms with Gasteiger partial charge < -0.3 is 26.0 Å². The molecule has 2 amide bonds. The van der Waals surface area contributed by atoms with Crippen LogP contribution in [0.3, 0.4) is 0 Å². The van der Waals surface area contributed by atoms with Crippen LogP contribution >= 0.6 is 0 Å². The van der Waals surface area contributed by atoms with Crippen LogP contribution < -0.4 is 31.0 Å². The van der Waals surface area contributed by atoms with E-state index in [2.05, 4.69) is 31.2 Å². The van der Waals surface area contributed by atoms with E-state index in [4.69, 9.17) is 4.74 Å². The number of aromatic nitrogens is 2. The van der Waals surface area contributed by atoms with E-state index in [1.54, 1.807) is 44.4 Å². The van der Waals surface area contributed by atoms with E-state index < -0.39 is 17.8 Å². The van der Waals surface area contributed by atoms with E-state index in [-0.39, 0.29) is 12.2 Å². The summed E-state index contributed by atoms with van der Waals surface area (Å²) in [5.41, 5.74) is 0.0351. The van der Waals surface area contributed by atoms with Crippen molar-refractivity contribution >= 4 is 23.2 Å². The first-order chi connectivity index (χ1) is 15.3. The number of alkyl halides is 3. The van der Waals surface area contributed by atoms with Crippen LogP contribution in [0.15, 0.2) is 54.9 Å². The van der Waals surface area contributed by atoms with Crippen molar-refractivity contribution in [1.82, 2.24) is 10.3 Å². The van der Waals surface area contributed by atoms with E-state index >= 15 is 0 Å². The molecule has 0 spiro atoms. The number of hydrogen-bond donors (Lipinski definition) is 4. The smallest absolute Gasteiger partial charge is 0.416 e. The second-order valence-electron chi connectivity index (χ2n) is 6.70. The number of urea groups is 1. The number of H-pyrrole nitrogens is 1. The van der Waals surface area contributed by atoms with Gasteiger partial charge in [0.2, 0.25) is 5.82 Å². The minimum Gasteiger partial charge on any atom is -0.423 e. The summed E-state index contributed by atoms with van der Waals surface area (Å²) in [6, 6.07) is 10.9. The summed E-state index contributed by atoms with van der Waals surface area (Å²) in [5.74, 6) is 1.60. The highest BCUT2D eigenvalue weighted by atomic mass is 19.4. The van der Waals surface area contributed by atoms with Crippen molar-refractivity contribution in [2.24, 2.45) is 0 Å². The quantitative estimate of drug-likeness (QED) is 0.437. The number of nitrogens with one attached hydrogen (secondary N) is 5. The first kappa shape index (κ1) is 22.8. The molecule has 0 saturated heterocycles. The fraction of sp³-hybridized carbons (Fsp3) is 0.190. The van der Waals surface area contributed by atoms with Crippen molar-refractivity contribution < 1.29 is 27.7 Å². The zero-order valence-electron chi connectivity index (χ0n) is 17.3. The van der Waals surface area contributed by atoms with Gasteiger partial charge >= 0.3 is 12.2 Å². The maximum absolute atomic E-state index is 13.1. The lowest BCUT2D eigenvalue weighted by Crippen LogP contribution is -2.20. The Kier molecular flexibility index (Phi) is 7.11. The number of aromatic amines is 1. The van der Waals surface area contributed by atoms with Crippen LogP contribution in [0.5, 0.6) is 11.6 Å². The highest BCUT2D eigenvalue weighted by Gasteiger charge is 2.31. The van der Waals surface area contributed by atoms with E-state index in [1.807, 2.05) is 0 Å². The molecule has 168 valence electrons. The summed E-state index contributed by atoms with van der Waals surface area (Å²) >= 11 is 0.